The lowest BCUT2D eigenvalue weighted by molar-refractivity contribution is 0.942. The van der Waals surface area contributed by atoms with Crippen LogP contribution in [-0.4, -0.2) is 18.6 Å². The van der Waals surface area contributed by atoms with Crippen molar-refractivity contribution in [2.24, 2.45) is 0 Å². The molecule has 0 bridgehead atoms. The highest BCUT2D eigenvalue weighted by molar-refractivity contribution is 5.37. The Kier molecular flexibility index (Phi) is 3.35. The van der Waals surface area contributed by atoms with Gasteiger partial charge in [0.25, 0.3) is 0 Å². The van der Waals surface area contributed by atoms with E-state index in [9.17, 15) is 0 Å². The van der Waals surface area contributed by atoms with Crippen LogP contribution < -0.4 is 15.9 Å². The molecule has 0 amide bonds. The fraction of sp³-hybridized carbons (Fsp3) is 0.200. The van der Waals surface area contributed by atoms with Gasteiger partial charge in [-0.2, -0.15) is 0 Å². The van der Waals surface area contributed by atoms with E-state index in [-0.39, 0.29) is 0 Å². The molecule has 0 saturated carbocycles. The Hall–Kier alpha value is -1.28. The molecule has 0 spiro atoms. The van der Waals surface area contributed by atoms with Crippen LogP contribution in [0.2, 0.25) is 0 Å². The van der Waals surface area contributed by atoms with E-state index >= 15 is 0 Å². The van der Waals surface area contributed by atoms with Gasteiger partial charge in [-0.25, -0.2) is 0 Å². The molecule has 1 aromatic heterocycles. The quantitative estimate of drug-likeness (QED) is 0.642. The summed E-state index contributed by atoms with van der Waals surface area (Å²) < 4.78 is 0. The molecule has 2 heteroatoms. The van der Waals surface area contributed by atoms with Crippen molar-refractivity contribution in [1.82, 2.24) is 10.3 Å². The first-order valence-electron chi connectivity index (χ1n) is 3.99. The Bertz CT molecular complexity index is 346. The summed E-state index contributed by atoms with van der Waals surface area (Å²) in [4.78, 5) is 3.15. The molecule has 0 aliphatic rings. The van der Waals surface area contributed by atoms with Crippen molar-refractivity contribution in [2.45, 2.75) is 0 Å². The molecule has 1 rings (SSSR count). The zero-order valence-electron chi connectivity index (χ0n) is 7.30. The molecule has 1 heterocycles. The minimum atomic E-state index is 0.874. The molecule has 0 aliphatic carbocycles. The Labute approximate surface area is 72.3 Å². The average Bonchev–Trinajstić information content (AvgIpc) is 2.50. The van der Waals surface area contributed by atoms with Gasteiger partial charge in [0.15, 0.2) is 0 Å². The summed E-state index contributed by atoms with van der Waals surface area (Å²) >= 11 is 0. The molecular weight excluding hydrogens is 148 g/mol. The minimum Gasteiger partial charge on any atom is -0.361 e. The fourth-order valence-electron chi connectivity index (χ4n) is 1.05. The Balaban J connectivity index is 3.07. The number of allylic oxidation sites excluding steroid dienone is 1. The van der Waals surface area contributed by atoms with E-state index in [0.717, 1.165) is 11.9 Å². The number of hydrogen-bond donors (Lipinski definition) is 2. The highest BCUT2D eigenvalue weighted by Gasteiger charge is 1.82. The van der Waals surface area contributed by atoms with Crippen molar-refractivity contribution in [3.8, 4) is 0 Å². The fourth-order valence-corrected chi connectivity index (χ4v) is 1.05. The highest BCUT2D eigenvalue weighted by atomic mass is 14.8. The largest absolute Gasteiger partial charge is 0.361 e. The second kappa shape index (κ2) is 4.57. The maximum Gasteiger partial charge on any atom is 0.0426 e. The smallest absolute Gasteiger partial charge is 0.0426 e. The predicted molar refractivity (Wildman–Crippen MR) is 53.1 cm³/mol. The van der Waals surface area contributed by atoms with Gasteiger partial charge >= 0.3 is 0 Å². The zero-order valence-corrected chi connectivity index (χ0v) is 7.30. The van der Waals surface area contributed by atoms with Crippen LogP contribution in [0.5, 0.6) is 0 Å². The Morgan fingerprint density at radius 3 is 3.17 bits per heavy atom. The maximum absolute atomic E-state index is 3.66. The molecule has 12 heavy (non-hydrogen) atoms. The van der Waals surface area contributed by atoms with Crippen molar-refractivity contribution in [3.63, 3.8) is 0 Å². The van der Waals surface area contributed by atoms with Crippen LogP contribution in [-0.2, 0) is 0 Å². The minimum absolute atomic E-state index is 0.874. The van der Waals surface area contributed by atoms with Crippen molar-refractivity contribution < 1.29 is 0 Å². The summed E-state index contributed by atoms with van der Waals surface area (Å²) in [6.07, 6.45) is 7.81. The first-order chi connectivity index (χ1) is 5.88. The van der Waals surface area contributed by atoms with E-state index in [1.807, 2.05) is 25.4 Å². The molecular formula is C10H14N2. The first-order valence-corrected chi connectivity index (χ1v) is 3.99. The third-order valence-corrected chi connectivity index (χ3v) is 1.62. The monoisotopic (exact) mass is 162 g/mol. The van der Waals surface area contributed by atoms with Crippen molar-refractivity contribution in [2.75, 3.05) is 13.6 Å². The molecule has 0 saturated heterocycles. The van der Waals surface area contributed by atoms with Crippen LogP contribution in [0.15, 0.2) is 24.9 Å². The molecule has 2 N–H and O–H groups in total. The van der Waals surface area contributed by atoms with Gasteiger partial charge in [-0.1, -0.05) is 18.7 Å². The van der Waals surface area contributed by atoms with Crippen LogP contribution in [0.4, 0.5) is 0 Å². The van der Waals surface area contributed by atoms with E-state index < -0.39 is 0 Å². The third kappa shape index (κ3) is 2.10. The third-order valence-electron chi connectivity index (χ3n) is 1.62. The molecule has 2 nitrogen and oxygen atoms in total. The first kappa shape index (κ1) is 8.81. The van der Waals surface area contributed by atoms with Crippen LogP contribution in [0, 0.1) is 0 Å². The normalized spacial score (nSPS) is 13.8. The number of nitrogens with one attached hydrogen (secondary N) is 2. The van der Waals surface area contributed by atoms with E-state index in [0.29, 0.717) is 0 Å². The summed E-state index contributed by atoms with van der Waals surface area (Å²) in [6, 6.07) is 2.03. The van der Waals surface area contributed by atoms with Crippen LogP contribution >= 0.6 is 0 Å². The lowest BCUT2D eigenvalue weighted by Crippen LogP contribution is -2.24. The number of aromatic amines is 1. The molecule has 0 fully saturated rings. The van der Waals surface area contributed by atoms with Crippen molar-refractivity contribution >= 4 is 12.2 Å². The summed E-state index contributed by atoms with van der Waals surface area (Å²) in [5.41, 5.74) is 0. The molecule has 1 aromatic rings. The lowest BCUT2D eigenvalue weighted by Gasteiger charge is -1.85. The summed E-state index contributed by atoms with van der Waals surface area (Å²) in [5.74, 6) is 0. The van der Waals surface area contributed by atoms with Crippen LogP contribution in [0.3, 0.4) is 0 Å². The van der Waals surface area contributed by atoms with Gasteiger partial charge in [-0.3, -0.25) is 0 Å². The van der Waals surface area contributed by atoms with Gasteiger partial charge in [-0.05, 0) is 24.4 Å². The maximum atomic E-state index is 3.66. The van der Waals surface area contributed by atoms with Gasteiger partial charge < -0.3 is 10.3 Å². The van der Waals surface area contributed by atoms with Crippen molar-refractivity contribution in [1.29, 1.82) is 0 Å². The SMILES string of the molecule is C=C/C=c1/cc[nH]/c1=C/CNC. The molecule has 0 aliphatic heterocycles. The average molecular weight is 162 g/mol. The van der Waals surface area contributed by atoms with Gasteiger partial charge in [0.1, 0.15) is 0 Å². The second-order valence-electron chi connectivity index (χ2n) is 2.51. The number of hydrogen-bond acceptors (Lipinski definition) is 1. The second-order valence-corrected chi connectivity index (χ2v) is 2.51. The van der Waals surface area contributed by atoms with E-state index in [1.54, 1.807) is 6.08 Å². The summed E-state index contributed by atoms with van der Waals surface area (Å²) in [5, 5.41) is 5.38. The van der Waals surface area contributed by atoms with E-state index in [1.165, 1.54) is 5.22 Å². The van der Waals surface area contributed by atoms with Gasteiger partial charge in [0.05, 0.1) is 0 Å². The topological polar surface area (TPSA) is 27.8 Å². The van der Waals surface area contributed by atoms with Crippen LogP contribution in [0.1, 0.15) is 0 Å². The van der Waals surface area contributed by atoms with E-state index in [4.69, 9.17) is 0 Å². The number of rotatable bonds is 3. The van der Waals surface area contributed by atoms with Crippen molar-refractivity contribution in [3.05, 3.63) is 35.5 Å². The van der Waals surface area contributed by atoms with E-state index in [2.05, 4.69) is 23.0 Å². The predicted octanol–water partition coefficient (Wildman–Crippen LogP) is -0.0189. The lowest BCUT2D eigenvalue weighted by atomic mass is 10.3. The van der Waals surface area contributed by atoms with Crippen LogP contribution in [0.25, 0.3) is 12.2 Å². The molecule has 64 valence electrons. The standard InChI is InChI=1S/C10H14N2/c1-3-4-9-5-8-12-10(9)6-7-11-2/h3-6,8,11-12H,1,7H2,2H3/b9-4-,10-6+. The number of aromatic nitrogens is 1. The zero-order chi connectivity index (χ0) is 8.81. The Morgan fingerprint density at radius 1 is 1.67 bits per heavy atom. The highest BCUT2D eigenvalue weighted by Crippen LogP contribution is 1.67. The Morgan fingerprint density at radius 2 is 2.50 bits per heavy atom. The molecule has 0 aromatic carbocycles. The number of H-pyrrole nitrogens is 1. The van der Waals surface area contributed by atoms with Gasteiger partial charge in [0.2, 0.25) is 0 Å². The summed E-state index contributed by atoms with van der Waals surface area (Å²) in [7, 11) is 1.93. The molecule has 0 atom stereocenters. The summed E-state index contributed by atoms with van der Waals surface area (Å²) in [6.45, 7) is 4.53. The van der Waals surface area contributed by atoms with Gasteiger partial charge in [-0.15, -0.1) is 0 Å². The molecule has 0 unspecified atom stereocenters. The molecule has 0 radical (unpaired) electrons. The van der Waals surface area contributed by atoms with Gasteiger partial charge in [0, 0.05) is 18.1 Å².